The molecule has 0 rings (SSSR count). The SMILES string of the molecule is CN(C)C(CCCCNC([13CH3])=O)C(=O)[15NH]C[13CH3]. The fraction of sp³-hybridized carbons (Fsp3) is 0.833. The molecule has 0 spiro atoms. The lowest BCUT2D eigenvalue weighted by atomic mass is 10.1. The monoisotopic (exact) mass is 246 g/mol. The maximum atomic E-state index is 11.7. The molecule has 0 aliphatic heterocycles. The van der Waals surface area contributed by atoms with Crippen LogP contribution in [0, 0.1) is 0 Å². The first-order chi connectivity index (χ1) is 7.99. The average Bonchev–Trinajstić information content (AvgIpc) is 2.22. The molecule has 2 N–H and O–H groups in total. The number of amides is 2. The molecule has 0 fully saturated rings. The Morgan fingerprint density at radius 2 is 1.82 bits per heavy atom. The highest BCUT2D eigenvalue weighted by atomic mass is 16.2. The van der Waals surface area contributed by atoms with Gasteiger partial charge in [-0.2, -0.15) is 0 Å². The number of nitrogens with zero attached hydrogens (tertiary/aromatic N) is 1. The topological polar surface area (TPSA) is 61.4 Å². The van der Waals surface area contributed by atoms with Crippen molar-refractivity contribution in [1.29, 1.82) is 0 Å². The molecule has 100 valence electrons. The number of nitrogens with one attached hydrogen (secondary N) is 2. The van der Waals surface area contributed by atoms with E-state index < -0.39 is 0 Å². The highest BCUT2D eigenvalue weighted by Gasteiger charge is 2.18. The molecule has 0 aliphatic carbocycles. The van der Waals surface area contributed by atoms with Gasteiger partial charge in [0.15, 0.2) is 0 Å². The Hall–Kier alpha value is -1.10. The van der Waals surface area contributed by atoms with E-state index in [4.69, 9.17) is 0 Å². The standard InChI is InChI=1S/C12H25N3O2/c1-5-13-12(17)11(15(3)4)8-6-7-9-14-10(2)16/h11H,5-9H2,1-4H3,(H,13,17)(H,14,16)/i1+1,2+1,13+1. The second-order valence-corrected chi connectivity index (χ2v) is 4.35. The molecule has 5 heteroatoms. The van der Waals surface area contributed by atoms with Crippen LogP contribution in [0.2, 0.25) is 0 Å². The van der Waals surface area contributed by atoms with Gasteiger partial charge in [-0.1, -0.05) is 0 Å². The van der Waals surface area contributed by atoms with Crippen molar-refractivity contribution in [2.24, 2.45) is 0 Å². The van der Waals surface area contributed by atoms with Crippen LogP contribution in [0.4, 0.5) is 0 Å². The Morgan fingerprint density at radius 1 is 1.18 bits per heavy atom. The summed E-state index contributed by atoms with van der Waals surface area (Å²) < 4.78 is 0. The molecule has 0 heterocycles. The van der Waals surface area contributed by atoms with Gasteiger partial charge in [-0.15, -0.1) is 0 Å². The molecule has 1 unspecified atom stereocenters. The van der Waals surface area contributed by atoms with E-state index >= 15 is 0 Å². The van der Waals surface area contributed by atoms with Crippen LogP contribution in [0.5, 0.6) is 0 Å². The molecule has 0 aromatic heterocycles. The molecular weight excluding hydrogens is 221 g/mol. The van der Waals surface area contributed by atoms with E-state index in [2.05, 4.69) is 10.6 Å². The Labute approximate surface area is 104 Å². The molecule has 2 amide bonds. The van der Waals surface area contributed by atoms with E-state index in [0.29, 0.717) is 13.1 Å². The maximum Gasteiger partial charge on any atom is 0.237 e. The van der Waals surface area contributed by atoms with Crippen LogP contribution in [-0.4, -0.2) is 49.9 Å². The van der Waals surface area contributed by atoms with Crippen molar-refractivity contribution in [3.8, 4) is 0 Å². The minimum Gasteiger partial charge on any atom is -0.356 e. The lowest BCUT2D eigenvalue weighted by Gasteiger charge is -2.23. The fourth-order valence-corrected chi connectivity index (χ4v) is 1.64. The molecule has 1 atom stereocenters. The van der Waals surface area contributed by atoms with Gasteiger partial charge in [0.1, 0.15) is 0 Å². The zero-order valence-corrected chi connectivity index (χ0v) is 11.4. The maximum absolute atomic E-state index is 11.7. The minimum atomic E-state index is -0.0766. The summed E-state index contributed by atoms with van der Waals surface area (Å²) in [6.07, 6.45) is 2.65. The molecule has 5 nitrogen and oxygen atoms in total. The van der Waals surface area contributed by atoms with Crippen LogP contribution in [0.1, 0.15) is 33.1 Å². The minimum absolute atomic E-state index is 0.00196. The summed E-state index contributed by atoms with van der Waals surface area (Å²) >= 11 is 0. The van der Waals surface area contributed by atoms with Crippen molar-refractivity contribution in [2.75, 3.05) is 27.2 Å². The smallest absolute Gasteiger partial charge is 0.237 e. The molecule has 0 saturated heterocycles. The van der Waals surface area contributed by atoms with E-state index in [1.165, 1.54) is 6.92 Å². The first kappa shape index (κ1) is 15.9. The highest BCUT2D eigenvalue weighted by Crippen LogP contribution is 2.05. The average molecular weight is 246 g/mol. The lowest BCUT2D eigenvalue weighted by Crippen LogP contribution is -2.43. The van der Waals surface area contributed by atoms with Crippen LogP contribution < -0.4 is 10.6 Å². The number of carbonyl (C=O) groups excluding carboxylic acids is 2. The van der Waals surface area contributed by atoms with Gasteiger partial charge in [-0.3, -0.25) is 14.5 Å². The quantitative estimate of drug-likeness (QED) is 0.369. The third-order valence-corrected chi connectivity index (χ3v) is 2.56. The van der Waals surface area contributed by atoms with E-state index in [0.717, 1.165) is 19.3 Å². The lowest BCUT2D eigenvalue weighted by molar-refractivity contribution is -0.125. The summed E-state index contributed by atoms with van der Waals surface area (Å²) in [6, 6.07) is -0.0766. The van der Waals surface area contributed by atoms with Crippen LogP contribution in [0.15, 0.2) is 0 Å². The zero-order valence-electron chi connectivity index (χ0n) is 11.4. The van der Waals surface area contributed by atoms with Gasteiger partial charge in [0.05, 0.1) is 6.04 Å². The Morgan fingerprint density at radius 3 is 2.29 bits per heavy atom. The van der Waals surface area contributed by atoms with Crippen LogP contribution >= 0.6 is 0 Å². The molecule has 0 aliphatic rings. The van der Waals surface area contributed by atoms with Crippen LogP contribution in [0.25, 0.3) is 0 Å². The van der Waals surface area contributed by atoms with Crippen molar-refractivity contribution in [3.05, 3.63) is 0 Å². The highest BCUT2D eigenvalue weighted by molar-refractivity contribution is 5.81. The van der Waals surface area contributed by atoms with E-state index in [1.54, 1.807) is 0 Å². The van der Waals surface area contributed by atoms with Gasteiger partial charge in [-0.25, -0.2) is 0 Å². The van der Waals surface area contributed by atoms with Gasteiger partial charge in [0, 0.05) is 20.0 Å². The second-order valence-electron chi connectivity index (χ2n) is 4.35. The van der Waals surface area contributed by atoms with E-state index in [1.807, 2.05) is 25.9 Å². The summed E-state index contributed by atoms with van der Waals surface area (Å²) in [5.41, 5.74) is 0. The molecule has 0 aromatic carbocycles. The molecule has 0 radical (unpaired) electrons. The van der Waals surface area contributed by atoms with Gasteiger partial charge in [-0.05, 0) is 40.3 Å². The number of hydrogen-bond donors (Lipinski definition) is 2. The third-order valence-electron chi connectivity index (χ3n) is 2.56. The van der Waals surface area contributed by atoms with Crippen LogP contribution in [0.3, 0.4) is 0 Å². The largest absolute Gasteiger partial charge is 0.356 e. The number of carbonyl (C=O) groups is 2. The Kier molecular flexibility index (Phi) is 8.40. The number of rotatable bonds is 8. The zero-order chi connectivity index (χ0) is 13.3. The summed E-state index contributed by atoms with van der Waals surface area (Å²) in [5, 5.41) is 5.59. The summed E-state index contributed by atoms with van der Waals surface area (Å²) in [6.45, 7) is 4.78. The van der Waals surface area contributed by atoms with Crippen molar-refractivity contribution in [2.45, 2.75) is 39.2 Å². The Bertz CT molecular complexity index is 242. The number of hydrogen-bond acceptors (Lipinski definition) is 3. The molecule has 17 heavy (non-hydrogen) atoms. The van der Waals surface area contributed by atoms with Crippen molar-refractivity contribution in [1.82, 2.24) is 15.5 Å². The van der Waals surface area contributed by atoms with Crippen molar-refractivity contribution < 1.29 is 9.59 Å². The predicted molar refractivity (Wildman–Crippen MR) is 68.7 cm³/mol. The van der Waals surface area contributed by atoms with Gasteiger partial charge < -0.3 is 10.6 Å². The Balaban J connectivity index is 3.85. The first-order valence-corrected chi connectivity index (χ1v) is 6.17. The predicted octanol–water partition coefficient (Wildman–Crippen LogP) is 0.359. The van der Waals surface area contributed by atoms with E-state index in [-0.39, 0.29) is 17.9 Å². The van der Waals surface area contributed by atoms with Gasteiger partial charge >= 0.3 is 0 Å². The normalized spacial score (nSPS) is 12.3. The summed E-state index contributed by atoms with van der Waals surface area (Å²) in [7, 11) is 3.82. The first-order valence-electron chi connectivity index (χ1n) is 6.17. The van der Waals surface area contributed by atoms with Crippen molar-refractivity contribution in [3.63, 3.8) is 0 Å². The number of unbranched alkanes of at least 4 members (excludes halogenated alkanes) is 1. The van der Waals surface area contributed by atoms with Crippen molar-refractivity contribution >= 4 is 11.8 Å². The third kappa shape index (κ3) is 7.74. The van der Waals surface area contributed by atoms with Gasteiger partial charge in [0.25, 0.3) is 0 Å². The van der Waals surface area contributed by atoms with Crippen LogP contribution in [-0.2, 0) is 9.59 Å². The molecular formula is C12H25N3O2. The molecule has 0 bridgehead atoms. The number of likely N-dealkylation sites (N-methyl/N-ethyl adjacent to an activating group) is 2. The molecule has 0 aromatic rings. The fourth-order valence-electron chi connectivity index (χ4n) is 1.64. The second kappa shape index (κ2) is 8.98. The summed E-state index contributed by atoms with van der Waals surface area (Å²) in [5.74, 6) is 0.0786. The molecule has 0 saturated carbocycles. The van der Waals surface area contributed by atoms with Gasteiger partial charge in [0.2, 0.25) is 11.8 Å². The summed E-state index contributed by atoms with van der Waals surface area (Å²) in [4.78, 5) is 24.3. The van der Waals surface area contributed by atoms with E-state index in [9.17, 15) is 9.59 Å².